The Balaban J connectivity index is 3.28. The summed E-state index contributed by atoms with van der Waals surface area (Å²) in [6.45, 7) is 6.99. The number of rotatable bonds is 5. The van der Waals surface area contributed by atoms with Gasteiger partial charge in [-0.15, -0.1) is 0 Å². The maximum absolute atomic E-state index is 12.1. The van der Waals surface area contributed by atoms with Crippen LogP contribution in [-0.4, -0.2) is 20.2 Å². The third kappa shape index (κ3) is 3.40. The fourth-order valence-corrected chi connectivity index (χ4v) is 3.16. The summed E-state index contributed by atoms with van der Waals surface area (Å²) in [6.07, 6.45) is 0.361. The van der Waals surface area contributed by atoms with Crippen LogP contribution in [0.25, 0.3) is 0 Å². The summed E-state index contributed by atoms with van der Waals surface area (Å²) < 4.78 is 26.7. The number of hydrogen-bond acceptors (Lipinski definition) is 3. The van der Waals surface area contributed by atoms with Crippen LogP contribution >= 0.6 is 0 Å². The van der Waals surface area contributed by atoms with Crippen molar-refractivity contribution in [3.8, 4) is 0 Å². The van der Waals surface area contributed by atoms with E-state index in [0.29, 0.717) is 17.5 Å². The molecule has 0 aromatic heterocycles. The van der Waals surface area contributed by atoms with E-state index in [4.69, 9.17) is 0 Å². The Bertz CT molecular complexity index is 547. The lowest BCUT2D eigenvalue weighted by Crippen LogP contribution is -2.30. The predicted octanol–water partition coefficient (Wildman–Crippen LogP) is 2.27. The van der Waals surface area contributed by atoms with Crippen LogP contribution < -0.4 is 4.72 Å². The average molecular weight is 269 g/mol. The van der Waals surface area contributed by atoms with Gasteiger partial charge < -0.3 is 0 Å². The highest BCUT2D eigenvalue weighted by Gasteiger charge is 2.19. The minimum Gasteiger partial charge on any atom is -0.294 e. The van der Waals surface area contributed by atoms with E-state index >= 15 is 0 Å². The Hall–Kier alpha value is -1.20. The highest BCUT2D eigenvalue weighted by atomic mass is 32.2. The quantitative estimate of drug-likeness (QED) is 0.834. The van der Waals surface area contributed by atoms with Crippen molar-refractivity contribution >= 4 is 15.8 Å². The van der Waals surface area contributed by atoms with Crippen LogP contribution in [0.15, 0.2) is 23.1 Å². The molecule has 0 aliphatic carbocycles. The molecule has 1 aromatic rings. The van der Waals surface area contributed by atoms with E-state index < -0.39 is 10.0 Å². The van der Waals surface area contributed by atoms with E-state index in [1.165, 1.54) is 6.07 Å². The van der Waals surface area contributed by atoms with Crippen molar-refractivity contribution in [2.24, 2.45) is 0 Å². The van der Waals surface area contributed by atoms with Crippen molar-refractivity contribution in [1.82, 2.24) is 4.72 Å². The normalized spacial score (nSPS) is 11.8. The zero-order valence-electron chi connectivity index (χ0n) is 11.1. The summed E-state index contributed by atoms with van der Waals surface area (Å²) in [5.74, 6) is -0.0593. The van der Waals surface area contributed by atoms with Crippen molar-refractivity contribution in [3.63, 3.8) is 0 Å². The molecule has 0 fully saturated rings. The summed E-state index contributed by atoms with van der Waals surface area (Å²) in [4.78, 5) is 11.8. The molecule has 0 amide bonds. The van der Waals surface area contributed by atoms with Crippen molar-refractivity contribution in [3.05, 3.63) is 29.3 Å². The third-order valence-electron chi connectivity index (χ3n) is 2.51. The molecule has 0 radical (unpaired) electrons. The number of nitrogens with one attached hydrogen (secondary N) is 1. The molecule has 0 unspecified atom stereocenters. The molecule has 0 spiro atoms. The van der Waals surface area contributed by atoms with Gasteiger partial charge >= 0.3 is 0 Å². The minimum absolute atomic E-state index is 0.0593. The molecule has 1 N–H and O–H groups in total. The van der Waals surface area contributed by atoms with Crippen LogP contribution in [0.3, 0.4) is 0 Å². The molecule has 0 saturated carbocycles. The lowest BCUT2D eigenvalue weighted by atomic mass is 10.1. The molecule has 0 saturated heterocycles. The van der Waals surface area contributed by atoms with Crippen molar-refractivity contribution in [2.75, 3.05) is 0 Å². The number of aryl methyl sites for hydroxylation is 1. The van der Waals surface area contributed by atoms with Crippen LogP contribution in [0.5, 0.6) is 0 Å². The zero-order chi connectivity index (χ0) is 13.9. The number of Topliss-reactive ketones (excluding diaryl/α,β-unsaturated/α-hetero) is 1. The molecule has 0 aliphatic heterocycles. The molecule has 4 nitrogen and oxygen atoms in total. The second-order valence-corrected chi connectivity index (χ2v) is 6.22. The zero-order valence-corrected chi connectivity index (χ0v) is 12.0. The van der Waals surface area contributed by atoms with Gasteiger partial charge in [0, 0.05) is 18.0 Å². The monoisotopic (exact) mass is 269 g/mol. The Labute approximate surface area is 108 Å². The first-order chi connectivity index (χ1) is 8.27. The van der Waals surface area contributed by atoms with Crippen molar-refractivity contribution < 1.29 is 13.2 Å². The van der Waals surface area contributed by atoms with E-state index in [-0.39, 0.29) is 16.7 Å². The summed E-state index contributed by atoms with van der Waals surface area (Å²) in [5.41, 5.74) is 1.07. The fraction of sp³-hybridized carbons (Fsp3) is 0.462. The van der Waals surface area contributed by atoms with Gasteiger partial charge in [0.25, 0.3) is 0 Å². The fourth-order valence-electron chi connectivity index (χ4n) is 1.64. The predicted molar refractivity (Wildman–Crippen MR) is 71.3 cm³/mol. The molecule has 0 aliphatic rings. The van der Waals surface area contributed by atoms with Crippen LogP contribution in [0.2, 0.25) is 0 Å². The van der Waals surface area contributed by atoms with E-state index in [1.54, 1.807) is 39.8 Å². The number of carbonyl (C=O) groups excluding carboxylic acids is 1. The van der Waals surface area contributed by atoms with Gasteiger partial charge in [-0.2, -0.15) is 0 Å². The smallest absolute Gasteiger partial charge is 0.241 e. The lowest BCUT2D eigenvalue weighted by Gasteiger charge is -2.12. The van der Waals surface area contributed by atoms with Gasteiger partial charge in [-0.3, -0.25) is 4.79 Å². The Kier molecular flexibility index (Phi) is 4.65. The standard InChI is InChI=1S/C13H19NO3S/c1-5-12(15)11-7-6-10(4)13(8-11)18(16,17)14-9(2)3/h6-9,14H,5H2,1-4H3. The minimum atomic E-state index is -3.56. The van der Waals surface area contributed by atoms with E-state index in [2.05, 4.69) is 4.72 Å². The van der Waals surface area contributed by atoms with Crippen LogP contribution in [0.1, 0.15) is 43.1 Å². The van der Waals surface area contributed by atoms with E-state index in [1.807, 2.05) is 0 Å². The van der Waals surface area contributed by atoms with E-state index in [9.17, 15) is 13.2 Å². The molecular formula is C13H19NO3S. The molecule has 100 valence electrons. The molecule has 18 heavy (non-hydrogen) atoms. The second-order valence-electron chi connectivity index (χ2n) is 4.53. The summed E-state index contributed by atoms with van der Waals surface area (Å²) in [5, 5.41) is 0. The average Bonchev–Trinajstić information content (AvgIpc) is 2.26. The van der Waals surface area contributed by atoms with Gasteiger partial charge in [0.15, 0.2) is 5.78 Å². The summed E-state index contributed by atoms with van der Waals surface area (Å²) in [7, 11) is -3.56. The largest absolute Gasteiger partial charge is 0.294 e. The number of ketones is 1. The Morgan fingerprint density at radius 2 is 1.94 bits per heavy atom. The number of carbonyl (C=O) groups is 1. The van der Waals surface area contributed by atoms with Crippen LogP contribution in [0, 0.1) is 6.92 Å². The number of sulfonamides is 1. The second kappa shape index (κ2) is 5.63. The number of benzene rings is 1. The van der Waals surface area contributed by atoms with Crippen molar-refractivity contribution in [2.45, 2.75) is 45.1 Å². The molecule has 0 heterocycles. The summed E-state index contributed by atoms with van der Waals surface area (Å²) >= 11 is 0. The maximum Gasteiger partial charge on any atom is 0.241 e. The highest BCUT2D eigenvalue weighted by Crippen LogP contribution is 2.18. The molecule has 1 aromatic carbocycles. The van der Waals surface area contributed by atoms with Gasteiger partial charge in [0.05, 0.1) is 4.90 Å². The lowest BCUT2D eigenvalue weighted by molar-refractivity contribution is 0.0988. The first-order valence-corrected chi connectivity index (χ1v) is 7.42. The first-order valence-electron chi connectivity index (χ1n) is 5.94. The van der Waals surface area contributed by atoms with Gasteiger partial charge in [-0.1, -0.05) is 19.1 Å². The molecular weight excluding hydrogens is 250 g/mol. The molecule has 0 atom stereocenters. The summed E-state index contributed by atoms with van der Waals surface area (Å²) in [6, 6.07) is 4.60. The van der Waals surface area contributed by atoms with Crippen molar-refractivity contribution in [1.29, 1.82) is 0 Å². The Morgan fingerprint density at radius 3 is 2.44 bits per heavy atom. The number of hydrogen-bond donors (Lipinski definition) is 1. The SMILES string of the molecule is CCC(=O)c1ccc(C)c(S(=O)(=O)NC(C)C)c1. The van der Waals surface area contributed by atoms with Gasteiger partial charge in [-0.25, -0.2) is 13.1 Å². The Morgan fingerprint density at radius 1 is 1.33 bits per heavy atom. The molecule has 1 rings (SSSR count). The highest BCUT2D eigenvalue weighted by molar-refractivity contribution is 7.89. The van der Waals surface area contributed by atoms with Gasteiger partial charge in [0.1, 0.15) is 0 Å². The van der Waals surface area contributed by atoms with Crippen LogP contribution in [-0.2, 0) is 10.0 Å². The molecule has 5 heteroatoms. The maximum atomic E-state index is 12.1. The third-order valence-corrected chi connectivity index (χ3v) is 4.31. The first kappa shape index (κ1) is 14.9. The topological polar surface area (TPSA) is 63.2 Å². The van der Waals surface area contributed by atoms with Crippen LogP contribution in [0.4, 0.5) is 0 Å². The van der Waals surface area contributed by atoms with Gasteiger partial charge in [0.2, 0.25) is 10.0 Å². The van der Waals surface area contributed by atoms with Gasteiger partial charge in [-0.05, 0) is 32.4 Å². The van der Waals surface area contributed by atoms with E-state index in [0.717, 1.165) is 0 Å². The molecule has 0 bridgehead atoms.